The van der Waals surface area contributed by atoms with Gasteiger partial charge in [0.15, 0.2) is 14.1 Å². The molecule has 1 saturated heterocycles. The van der Waals surface area contributed by atoms with Gasteiger partial charge in [-0.2, -0.15) is 0 Å². The number of rotatable bonds is 18. The molecule has 10 atom stereocenters. The molecule has 3 aliphatic rings. The molecule has 2 aromatic rings. The number of likely N-dealkylation sites (tertiary alicyclic amines) is 1. The van der Waals surface area contributed by atoms with Gasteiger partial charge in [-0.1, -0.05) is 91.3 Å². The van der Waals surface area contributed by atoms with E-state index in [0.717, 1.165) is 27.8 Å². The van der Waals surface area contributed by atoms with E-state index in [1.54, 1.807) is 19.9 Å². The highest BCUT2D eigenvalue weighted by atomic mass is 32.2. The molecule has 1 fully saturated rings. The summed E-state index contributed by atoms with van der Waals surface area (Å²) in [4.78, 5) is 125. The molecule has 5 rings (SSSR count). The van der Waals surface area contributed by atoms with Gasteiger partial charge in [0.2, 0.25) is 41.4 Å². The van der Waals surface area contributed by atoms with E-state index in [4.69, 9.17) is 20.6 Å². The Bertz CT molecular complexity index is 2580. The van der Waals surface area contributed by atoms with Crippen molar-refractivity contribution in [3.8, 4) is 5.75 Å². The number of ether oxygens (including phenoxy) is 1. The third-order valence-electron chi connectivity index (χ3n) is 15.3. The van der Waals surface area contributed by atoms with Gasteiger partial charge in [-0.05, 0) is 69.8 Å². The number of β-amino-alcohol motifs (C(OH)–C–C–N with tert-alkyl or cyclic N) is 1. The summed E-state index contributed by atoms with van der Waals surface area (Å²) < 4.78 is 13.0. The van der Waals surface area contributed by atoms with Crippen molar-refractivity contribution in [3.63, 3.8) is 0 Å². The van der Waals surface area contributed by atoms with E-state index in [1.807, 2.05) is 56.3 Å². The molecule has 0 bridgehead atoms. The van der Waals surface area contributed by atoms with Gasteiger partial charge in [-0.15, -0.1) is 11.8 Å². The van der Waals surface area contributed by atoms with Gasteiger partial charge < -0.3 is 62.3 Å². The predicted octanol–water partition coefficient (Wildman–Crippen LogP) is 2.81. The third kappa shape index (κ3) is 16.7. The first-order valence-electron chi connectivity index (χ1n) is 26.7. The molecule has 2 aromatic carbocycles. The zero-order valence-electron chi connectivity index (χ0n) is 46.3. The summed E-state index contributed by atoms with van der Waals surface area (Å²) in [5, 5.41) is 33.4. The number of benzene rings is 2. The lowest BCUT2D eigenvalue weighted by Crippen LogP contribution is -2.58. The molecule has 428 valence electrons. The van der Waals surface area contributed by atoms with Gasteiger partial charge in [0.25, 0.3) is 0 Å². The van der Waals surface area contributed by atoms with Crippen molar-refractivity contribution in [1.82, 2.24) is 31.5 Å². The molecular formula is C55H80N8O13SSi. The number of hydrogen-bond acceptors (Lipinski definition) is 14. The van der Waals surface area contributed by atoms with Crippen LogP contribution in [-0.2, 0) is 60.6 Å². The van der Waals surface area contributed by atoms with Crippen LogP contribution >= 0.6 is 11.8 Å². The van der Waals surface area contributed by atoms with Crippen molar-refractivity contribution >= 4 is 78.8 Å². The lowest BCUT2D eigenvalue weighted by atomic mass is 9.92. The van der Waals surface area contributed by atoms with Gasteiger partial charge in [-0.3, -0.25) is 38.4 Å². The molecule has 1 aliphatic carbocycles. The molecule has 78 heavy (non-hydrogen) atoms. The Hall–Kier alpha value is -6.14. The molecule has 0 aromatic heterocycles. The molecule has 0 spiro atoms. The maximum atomic E-state index is 14.7. The molecule has 0 unspecified atom stereocenters. The number of ketones is 1. The number of nitrogens with two attached hydrogens (primary N) is 2. The van der Waals surface area contributed by atoms with Gasteiger partial charge in [-0.25, -0.2) is 4.79 Å². The minimum absolute atomic E-state index is 0.104. The number of aliphatic carboxylic acids is 1. The van der Waals surface area contributed by atoms with E-state index in [1.165, 1.54) is 0 Å². The number of carbonyl (C=O) groups excluding carboxylic acids is 8. The minimum atomic E-state index is -2.32. The van der Waals surface area contributed by atoms with Crippen molar-refractivity contribution in [2.75, 3.05) is 18.8 Å². The molecule has 2 aliphatic heterocycles. The quantitative estimate of drug-likeness (QED) is 0.0970. The summed E-state index contributed by atoms with van der Waals surface area (Å²) in [6.45, 7) is 17.1. The van der Waals surface area contributed by atoms with Crippen LogP contribution in [0.5, 0.6) is 5.75 Å². The van der Waals surface area contributed by atoms with E-state index < -0.39 is 135 Å². The topological polar surface area (TPSA) is 328 Å². The van der Waals surface area contributed by atoms with E-state index in [9.17, 15) is 53.4 Å². The Morgan fingerprint density at radius 3 is 2.28 bits per heavy atom. The van der Waals surface area contributed by atoms with Crippen LogP contribution in [-0.4, -0.2) is 144 Å². The summed E-state index contributed by atoms with van der Waals surface area (Å²) in [7, 11) is -2.32. The monoisotopic (exact) mass is 1120 g/mol. The SMILES string of the molecule is CC[C@H](O[Si](C)(C)C(C)(C)C)[C@H](C)[C@H](N)C(=O)N[C@@H]1CC2=C(Cc3cc(OCc4ccccc4)ccc32)SC[C@H](C(=O)N[C@@H](CC(N)=O)C(=O)N2C[C@H](O)C[C@H]2C(=O)O)NC(=O)CNC(=O)[C@H]([C@@H](C)CC)NC(=O)CCC1=O. The largest absolute Gasteiger partial charge is 0.489 e. The number of aliphatic hydroxyl groups is 1. The predicted molar refractivity (Wildman–Crippen MR) is 296 cm³/mol. The fourth-order valence-electron chi connectivity index (χ4n) is 9.35. The van der Waals surface area contributed by atoms with Crippen LogP contribution in [0, 0.1) is 11.8 Å². The zero-order valence-corrected chi connectivity index (χ0v) is 48.1. The number of carboxylic acids is 1. The number of thioether (sulfide) groups is 1. The molecule has 0 saturated carbocycles. The standard InChI is InChI=1S/C55H80N8O13SSi/c1-10-30(3)49-52(71)58-26-47(68)59-40(50(69)61-39(25-45(56)66)53(72)63-27-34(64)23-41(63)54(73)74)29-77-44-22-33-21-35(75-28-32-15-13-12-14-16-32)17-18-36(33)37(44)24-38(42(65)19-20-46(67)62-49)60-51(70)48(57)31(4)43(11-2)76-78(8,9)55(5,6)7/h12-18,21,30-31,34,38-41,43,48-49,64H,10-11,19-20,22-29,57H2,1-9H3,(H2,56,66)(H,58,71)(H,59,68)(H,60,70)(H,61,69)(H,62,67)(H,73,74)/t30-,31-,34+,38+,39-,40+,41-,43-,48-,49-/m0/s1. The highest BCUT2D eigenvalue weighted by Crippen LogP contribution is 2.43. The second kappa shape index (κ2) is 27.6. The Kier molecular flexibility index (Phi) is 22.2. The normalized spacial score (nSPS) is 22.9. The van der Waals surface area contributed by atoms with Gasteiger partial charge in [0.05, 0.1) is 31.2 Å². The maximum Gasteiger partial charge on any atom is 0.326 e. The molecule has 0 radical (unpaired) electrons. The maximum absolute atomic E-state index is 14.7. The summed E-state index contributed by atoms with van der Waals surface area (Å²) in [5.74, 6) is -8.34. The van der Waals surface area contributed by atoms with Crippen LogP contribution in [0.15, 0.2) is 53.4 Å². The molecule has 11 N–H and O–H groups in total. The first-order chi connectivity index (χ1) is 36.6. The molecular weight excluding hydrogens is 1040 g/mol. The number of aliphatic hydroxyl groups excluding tert-OH is 1. The van der Waals surface area contributed by atoms with E-state index in [-0.39, 0.29) is 55.6 Å². The zero-order chi connectivity index (χ0) is 57.8. The number of fused-ring (bicyclic) bond motifs is 2. The van der Waals surface area contributed by atoms with E-state index >= 15 is 0 Å². The first kappa shape index (κ1) is 62.7. The average molecular weight is 1120 g/mol. The Morgan fingerprint density at radius 2 is 1.65 bits per heavy atom. The molecule has 7 amide bonds. The number of carboxylic acid groups (broad SMARTS) is 1. The number of nitrogens with zero attached hydrogens (tertiary/aromatic N) is 1. The van der Waals surface area contributed by atoms with E-state index in [2.05, 4.69) is 60.4 Å². The number of allylic oxidation sites excluding steroid dienone is 1. The minimum Gasteiger partial charge on any atom is -0.489 e. The highest BCUT2D eigenvalue weighted by Gasteiger charge is 2.44. The lowest BCUT2D eigenvalue weighted by molar-refractivity contribution is -0.149. The van der Waals surface area contributed by atoms with Crippen LogP contribution < -0.4 is 42.8 Å². The fraction of sp³-hybridized carbons (Fsp3) is 0.582. The van der Waals surface area contributed by atoms with Gasteiger partial charge in [0, 0.05) is 56.4 Å². The van der Waals surface area contributed by atoms with E-state index in [0.29, 0.717) is 34.6 Å². The smallest absolute Gasteiger partial charge is 0.326 e. The van der Waals surface area contributed by atoms with Gasteiger partial charge >= 0.3 is 5.97 Å². The van der Waals surface area contributed by atoms with Crippen molar-refractivity contribution < 1.29 is 62.5 Å². The number of primary amides is 1. The Balaban J connectivity index is 1.57. The molecule has 23 heteroatoms. The summed E-state index contributed by atoms with van der Waals surface area (Å²) >= 11 is 1.13. The fourth-order valence-corrected chi connectivity index (χ4v) is 12.1. The highest BCUT2D eigenvalue weighted by molar-refractivity contribution is 8.03. The average Bonchev–Trinajstić information content (AvgIpc) is 3.96. The van der Waals surface area contributed by atoms with Crippen LogP contribution in [0.4, 0.5) is 0 Å². The van der Waals surface area contributed by atoms with Crippen LogP contribution in [0.2, 0.25) is 18.1 Å². The number of amides is 7. The number of hydrogen-bond donors (Lipinski definition) is 9. The third-order valence-corrected chi connectivity index (χ3v) is 21.1. The number of nitrogens with one attached hydrogen (secondary N) is 5. The number of carbonyl (C=O) groups is 9. The summed E-state index contributed by atoms with van der Waals surface area (Å²) in [6, 6.07) is 6.81. The molecule has 2 heterocycles. The Morgan fingerprint density at radius 1 is 0.962 bits per heavy atom. The number of Topliss-reactive ketones (excluding diaryl/α,β-unsaturated/α-hetero) is 1. The van der Waals surface area contributed by atoms with Crippen molar-refractivity contribution in [2.45, 2.75) is 173 Å². The molecule has 21 nitrogen and oxygen atoms in total. The van der Waals surface area contributed by atoms with Crippen molar-refractivity contribution in [1.29, 1.82) is 0 Å². The van der Waals surface area contributed by atoms with Crippen molar-refractivity contribution in [3.05, 3.63) is 70.1 Å². The van der Waals surface area contributed by atoms with Crippen LogP contribution in [0.1, 0.15) is 110 Å². The van der Waals surface area contributed by atoms with Crippen molar-refractivity contribution in [2.24, 2.45) is 23.3 Å². The first-order valence-corrected chi connectivity index (χ1v) is 30.6. The second-order valence-electron chi connectivity index (χ2n) is 22.2. The lowest BCUT2D eigenvalue weighted by Gasteiger charge is -2.41. The van der Waals surface area contributed by atoms with Crippen LogP contribution in [0.25, 0.3) is 5.57 Å². The summed E-state index contributed by atoms with van der Waals surface area (Å²) in [6.07, 6.45) is -2.18. The second-order valence-corrected chi connectivity index (χ2v) is 28.0. The van der Waals surface area contributed by atoms with Crippen LogP contribution in [0.3, 0.4) is 0 Å². The van der Waals surface area contributed by atoms with Gasteiger partial charge in [0.1, 0.15) is 36.5 Å². The Labute approximate surface area is 462 Å². The summed E-state index contributed by atoms with van der Waals surface area (Å²) in [5.41, 5.74) is 15.3.